The number of esters is 1. The summed E-state index contributed by atoms with van der Waals surface area (Å²) >= 11 is 0. The lowest BCUT2D eigenvalue weighted by molar-refractivity contribution is 0.0601. The number of H-pyrrole nitrogens is 1. The molecule has 0 aromatic carbocycles. The van der Waals surface area contributed by atoms with Crippen LogP contribution in [0.5, 0.6) is 0 Å². The van der Waals surface area contributed by atoms with Crippen LogP contribution in [0.1, 0.15) is 35.3 Å². The van der Waals surface area contributed by atoms with Gasteiger partial charge in [-0.25, -0.2) is 4.79 Å². The largest absolute Gasteiger partial charge is 0.465 e. The number of nitrogens with one attached hydrogen (secondary N) is 1. The third-order valence-electron chi connectivity index (χ3n) is 2.84. The van der Waals surface area contributed by atoms with E-state index in [0.717, 1.165) is 18.8 Å². The summed E-state index contributed by atoms with van der Waals surface area (Å²) in [6.45, 7) is 4.28. The van der Waals surface area contributed by atoms with Crippen LogP contribution in [0.15, 0.2) is 12.3 Å². The number of ether oxygens (including phenoxy) is 1. The van der Waals surface area contributed by atoms with Crippen molar-refractivity contribution in [2.45, 2.75) is 19.3 Å². The summed E-state index contributed by atoms with van der Waals surface area (Å²) in [6, 6.07) is 1.82. The van der Waals surface area contributed by atoms with Crippen LogP contribution in [-0.2, 0) is 4.74 Å². The van der Waals surface area contributed by atoms with Crippen LogP contribution < -0.4 is 0 Å². The van der Waals surface area contributed by atoms with E-state index < -0.39 is 0 Å². The molecule has 1 aliphatic rings. The molecule has 1 radical (unpaired) electrons. The maximum atomic E-state index is 11.2. The highest BCUT2D eigenvalue weighted by Gasteiger charge is 2.13. The van der Waals surface area contributed by atoms with Gasteiger partial charge < -0.3 is 9.72 Å². The van der Waals surface area contributed by atoms with Crippen molar-refractivity contribution in [2.75, 3.05) is 20.2 Å². The fraction of sp³-hybridized carbons (Fsp3) is 0.500. The Balaban J connectivity index is 1.94. The number of aromatic nitrogens is 1. The van der Waals surface area contributed by atoms with Crippen LogP contribution >= 0.6 is 0 Å². The summed E-state index contributed by atoms with van der Waals surface area (Å²) in [5.41, 5.74) is 1.54. The van der Waals surface area contributed by atoms with Crippen LogP contribution in [0, 0.1) is 6.54 Å². The molecule has 1 saturated heterocycles. The lowest BCUT2D eigenvalue weighted by atomic mass is 10.1. The molecular formula is C12H17N2O2. The predicted molar refractivity (Wildman–Crippen MR) is 61.0 cm³/mol. The average molecular weight is 221 g/mol. The van der Waals surface area contributed by atoms with Crippen molar-refractivity contribution in [3.63, 3.8) is 0 Å². The van der Waals surface area contributed by atoms with Gasteiger partial charge in [-0.05, 0) is 32.0 Å². The fourth-order valence-electron chi connectivity index (χ4n) is 1.97. The summed E-state index contributed by atoms with van der Waals surface area (Å²) in [4.78, 5) is 16.6. The monoisotopic (exact) mass is 221 g/mol. The molecule has 0 atom stereocenters. The first-order valence-corrected chi connectivity index (χ1v) is 5.65. The second-order valence-corrected chi connectivity index (χ2v) is 4.06. The van der Waals surface area contributed by atoms with Crippen molar-refractivity contribution >= 4 is 5.97 Å². The minimum absolute atomic E-state index is 0.297. The van der Waals surface area contributed by atoms with Crippen molar-refractivity contribution in [3.8, 4) is 0 Å². The Morgan fingerprint density at radius 2 is 2.19 bits per heavy atom. The SMILES string of the molecule is COC(=O)c1c[nH]c([CH]N2CCCCC2)c1. The molecule has 0 bridgehead atoms. The van der Waals surface area contributed by atoms with Crippen molar-refractivity contribution in [2.24, 2.45) is 0 Å². The van der Waals surface area contributed by atoms with Gasteiger partial charge in [0.1, 0.15) is 0 Å². The van der Waals surface area contributed by atoms with Crippen LogP contribution in [0.3, 0.4) is 0 Å². The van der Waals surface area contributed by atoms with Crippen molar-refractivity contribution in [1.29, 1.82) is 0 Å². The molecule has 0 aliphatic carbocycles. The van der Waals surface area contributed by atoms with Crippen LogP contribution in [0.25, 0.3) is 0 Å². The zero-order chi connectivity index (χ0) is 11.4. The standard InChI is InChI=1S/C12H17N2O2/c1-16-12(15)10-7-11(13-8-10)9-14-5-3-2-4-6-14/h7-9,13H,2-6H2,1H3. The first-order chi connectivity index (χ1) is 7.79. The zero-order valence-electron chi connectivity index (χ0n) is 9.53. The zero-order valence-corrected chi connectivity index (χ0v) is 9.53. The molecule has 87 valence electrons. The summed E-state index contributed by atoms with van der Waals surface area (Å²) in [5, 5.41) is 0. The van der Waals surface area contributed by atoms with E-state index in [4.69, 9.17) is 0 Å². The van der Waals surface area contributed by atoms with Gasteiger partial charge in [-0.1, -0.05) is 6.42 Å². The van der Waals surface area contributed by atoms with E-state index in [1.54, 1.807) is 6.20 Å². The molecule has 1 fully saturated rings. The molecule has 4 nitrogen and oxygen atoms in total. The highest BCUT2D eigenvalue weighted by Crippen LogP contribution is 2.14. The number of likely N-dealkylation sites (tertiary alicyclic amines) is 1. The molecule has 0 spiro atoms. The van der Waals surface area contributed by atoms with Crippen LogP contribution in [0.4, 0.5) is 0 Å². The normalized spacial score (nSPS) is 17.3. The van der Waals surface area contributed by atoms with Gasteiger partial charge >= 0.3 is 5.97 Å². The van der Waals surface area contributed by atoms with Gasteiger partial charge in [-0.2, -0.15) is 0 Å². The first-order valence-electron chi connectivity index (χ1n) is 5.65. The van der Waals surface area contributed by atoms with Crippen LogP contribution in [0.2, 0.25) is 0 Å². The third kappa shape index (κ3) is 2.64. The van der Waals surface area contributed by atoms with Gasteiger partial charge in [0.15, 0.2) is 0 Å². The number of hydrogen-bond donors (Lipinski definition) is 1. The van der Waals surface area contributed by atoms with Gasteiger partial charge in [0, 0.05) is 11.9 Å². The second-order valence-electron chi connectivity index (χ2n) is 4.06. The lowest BCUT2D eigenvalue weighted by Crippen LogP contribution is -2.27. The number of piperidine rings is 1. The van der Waals surface area contributed by atoms with Gasteiger partial charge in [-0.3, -0.25) is 4.90 Å². The van der Waals surface area contributed by atoms with E-state index in [1.165, 1.54) is 26.4 Å². The van der Waals surface area contributed by atoms with Crippen molar-refractivity contribution in [3.05, 3.63) is 30.1 Å². The Bertz CT molecular complexity index is 354. The highest BCUT2D eigenvalue weighted by atomic mass is 16.5. The summed E-state index contributed by atoms with van der Waals surface area (Å²) < 4.78 is 4.65. The van der Waals surface area contributed by atoms with Gasteiger partial charge in [0.2, 0.25) is 0 Å². The molecule has 4 heteroatoms. The summed E-state index contributed by atoms with van der Waals surface area (Å²) in [5.74, 6) is -0.297. The molecule has 1 aliphatic heterocycles. The van der Waals surface area contributed by atoms with E-state index in [9.17, 15) is 4.79 Å². The number of rotatable bonds is 3. The van der Waals surface area contributed by atoms with Crippen molar-refractivity contribution < 1.29 is 9.53 Å². The maximum absolute atomic E-state index is 11.2. The number of methoxy groups -OCH3 is 1. The van der Waals surface area contributed by atoms with E-state index in [-0.39, 0.29) is 5.97 Å². The van der Waals surface area contributed by atoms with E-state index in [1.807, 2.05) is 6.07 Å². The summed E-state index contributed by atoms with van der Waals surface area (Å²) in [7, 11) is 1.39. The predicted octanol–water partition coefficient (Wildman–Crippen LogP) is 1.80. The molecule has 0 saturated carbocycles. The molecule has 0 amide bonds. The number of aromatic amines is 1. The third-order valence-corrected chi connectivity index (χ3v) is 2.84. The van der Waals surface area contributed by atoms with Crippen LogP contribution in [-0.4, -0.2) is 36.1 Å². The Hall–Kier alpha value is -1.29. The Kier molecular flexibility index (Phi) is 3.62. The number of nitrogens with zero attached hydrogens (tertiary/aromatic N) is 1. The minimum Gasteiger partial charge on any atom is -0.465 e. The fourth-order valence-corrected chi connectivity index (χ4v) is 1.97. The number of hydrogen-bond acceptors (Lipinski definition) is 3. The molecule has 1 N–H and O–H groups in total. The van der Waals surface area contributed by atoms with Crippen molar-refractivity contribution in [1.82, 2.24) is 9.88 Å². The van der Waals surface area contributed by atoms with E-state index in [0.29, 0.717) is 5.56 Å². The highest BCUT2D eigenvalue weighted by molar-refractivity contribution is 5.89. The van der Waals surface area contributed by atoms with E-state index in [2.05, 4.69) is 21.2 Å². The molecule has 1 aromatic heterocycles. The first kappa shape index (κ1) is 11.2. The van der Waals surface area contributed by atoms with Gasteiger partial charge in [-0.15, -0.1) is 0 Å². The molecule has 2 heterocycles. The maximum Gasteiger partial charge on any atom is 0.339 e. The summed E-state index contributed by atoms with van der Waals surface area (Å²) in [6.07, 6.45) is 5.51. The Morgan fingerprint density at radius 3 is 2.88 bits per heavy atom. The Labute approximate surface area is 95.6 Å². The lowest BCUT2D eigenvalue weighted by Gasteiger charge is -2.25. The molecule has 1 aromatic rings. The molecule has 0 unspecified atom stereocenters. The topological polar surface area (TPSA) is 45.3 Å². The van der Waals surface area contributed by atoms with Gasteiger partial charge in [0.25, 0.3) is 0 Å². The molecule has 2 rings (SSSR count). The molecular weight excluding hydrogens is 204 g/mol. The molecule has 16 heavy (non-hydrogen) atoms. The van der Waals surface area contributed by atoms with E-state index >= 15 is 0 Å². The van der Waals surface area contributed by atoms with Gasteiger partial charge in [0.05, 0.1) is 19.2 Å². The number of carbonyl (C=O) groups is 1. The smallest absolute Gasteiger partial charge is 0.339 e. The minimum atomic E-state index is -0.297. The average Bonchev–Trinajstić information content (AvgIpc) is 2.78. The quantitative estimate of drug-likeness (QED) is 0.791. The Morgan fingerprint density at radius 1 is 1.44 bits per heavy atom. The number of carbonyl (C=O) groups excluding carboxylic acids is 1. The second kappa shape index (κ2) is 5.16.